The quantitative estimate of drug-likeness (QED) is 0.483. The molecule has 0 aliphatic carbocycles. The molecule has 22 heavy (non-hydrogen) atoms. The molecule has 5 heteroatoms. The van der Waals surface area contributed by atoms with E-state index in [9.17, 15) is 9.59 Å². The van der Waals surface area contributed by atoms with Crippen LogP contribution >= 0.6 is 0 Å². The van der Waals surface area contributed by atoms with Crippen LogP contribution in [0.15, 0.2) is 36.4 Å². The molecule has 0 N–H and O–H groups in total. The number of aryl methyl sites for hydroxylation is 2. The van der Waals surface area contributed by atoms with Gasteiger partial charge in [0.15, 0.2) is 12.4 Å². The normalized spacial score (nSPS) is 10.9. The van der Waals surface area contributed by atoms with E-state index in [1.807, 2.05) is 27.0 Å². The molecule has 114 valence electrons. The first-order valence-corrected chi connectivity index (χ1v) is 6.92. The third-order valence-corrected chi connectivity index (χ3v) is 3.39. The Labute approximate surface area is 129 Å². The van der Waals surface area contributed by atoms with Gasteiger partial charge in [0.05, 0.1) is 5.69 Å². The first-order valence-electron chi connectivity index (χ1n) is 6.92. The summed E-state index contributed by atoms with van der Waals surface area (Å²) in [6.07, 6.45) is 2.97. The number of rotatable bonds is 5. The molecular weight excluding hydrogens is 280 g/mol. The maximum Gasteiger partial charge on any atom is 0.331 e. The molecule has 0 spiro atoms. The lowest BCUT2D eigenvalue weighted by molar-refractivity contribution is -0.136. The van der Waals surface area contributed by atoms with Gasteiger partial charge in [-0.25, -0.2) is 4.79 Å². The lowest BCUT2D eigenvalue weighted by Crippen LogP contribution is -2.12. The largest absolute Gasteiger partial charge is 0.454 e. The Bertz CT molecular complexity index is 715. The molecule has 1 heterocycles. The highest BCUT2D eigenvalue weighted by Crippen LogP contribution is 2.13. The number of carbonyl (C=O) groups is 2. The van der Waals surface area contributed by atoms with Crippen molar-refractivity contribution in [1.29, 1.82) is 0 Å². The van der Waals surface area contributed by atoms with Gasteiger partial charge < -0.3 is 4.74 Å². The van der Waals surface area contributed by atoms with Crippen molar-refractivity contribution in [1.82, 2.24) is 9.78 Å². The van der Waals surface area contributed by atoms with Crippen LogP contribution in [-0.4, -0.2) is 28.1 Å². The second-order valence-corrected chi connectivity index (χ2v) is 4.94. The zero-order chi connectivity index (χ0) is 16.1. The van der Waals surface area contributed by atoms with Crippen LogP contribution in [0.1, 0.15) is 27.3 Å². The summed E-state index contributed by atoms with van der Waals surface area (Å²) in [6.45, 7) is 3.53. The molecule has 0 unspecified atom stereocenters. The fraction of sp³-hybridized carbons (Fsp3) is 0.235. The average Bonchev–Trinajstić information content (AvgIpc) is 2.76. The lowest BCUT2D eigenvalue weighted by atomic mass is 10.1. The maximum atomic E-state index is 11.8. The van der Waals surface area contributed by atoms with Gasteiger partial charge in [-0.3, -0.25) is 9.48 Å². The van der Waals surface area contributed by atoms with Crippen molar-refractivity contribution in [3.05, 3.63) is 58.9 Å². The molecule has 2 rings (SSSR count). The Hall–Kier alpha value is -2.69. The Morgan fingerprint density at radius 1 is 1.23 bits per heavy atom. The van der Waals surface area contributed by atoms with E-state index in [-0.39, 0.29) is 12.4 Å². The minimum Gasteiger partial charge on any atom is -0.454 e. The van der Waals surface area contributed by atoms with E-state index in [2.05, 4.69) is 5.10 Å². The summed E-state index contributed by atoms with van der Waals surface area (Å²) >= 11 is 0. The molecule has 0 atom stereocenters. The van der Waals surface area contributed by atoms with E-state index in [0.717, 1.165) is 17.0 Å². The SMILES string of the molecule is Cc1nn(C)c(C)c1/C=C/C(=O)OCC(=O)c1ccccc1. The molecule has 1 aromatic carbocycles. The third kappa shape index (κ3) is 3.69. The second-order valence-electron chi connectivity index (χ2n) is 4.94. The predicted molar refractivity (Wildman–Crippen MR) is 83.4 cm³/mol. The first-order chi connectivity index (χ1) is 10.5. The van der Waals surface area contributed by atoms with Gasteiger partial charge >= 0.3 is 5.97 Å². The van der Waals surface area contributed by atoms with Crippen molar-refractivity contribution in [3.63, 3.8) is 0 Å². The lowest BCUT2D eigenvalue weighted by Gasteiger charge is -2.01. The Kier molecular flexibility index (Phi) is 4.88. The standard InChI is InChI=1S/C17H18N2O3/c1-12-15(13(2)19(3)18-12)9-10-17(21)22-11-16(20)14-7-5-4-6-8-14/h4-10H,11H2,1-3H3/b10-9+. The minimum absolute atomic E-state index is 0.226. The Morgan fingerprint density at radius 2 is 1.91 bits per heavy atom. The third-order valence-electron chi connectivity index (χ3n) is 3.39. The van der Waals surface area contributed by atoms with Gasteiger partial charge in [-0.2, -0.15) is 5.10 Å². The van der Waals surface area contributed by atoms with Crippen molar-refractivity contribution in [2.24, 2.45) is 7.05 Å². The highest BCUT2D eigenvalue weighted by Gasteiger charge is 2.09. The molecule has 0 saturated heterocycles. The summed E-state index contributed by atoms with van der Waals surface area (Å²) in [5.74, 6) is -0.775. The highest BCUT2D eigenvalue weighted by atomic mass is 16.5. The first kappa shape index (κ1) is 15.7. The molecule has 0 saturated carbocycles. The molecule has 0 aliphatic rings. The number of ketones is 1. The number of hydrogen-bond acceptors (Lipinski definition) is 4. The van der Waals surface area contributed by atoms with Crippen molar-refractivity contribution < 1.29 is 14.3 Å². The number of Topliss-reactive ketones (excluding diaryl/α,β-unsaturated/α-hetero) is 1. The Balaban J connectivity index is 1.93. The summed E-state index contributed by atoms with van der Waals surface area (Å²) in [5, 5.41) is 4.26. The van der Waals surface area contributed by atoms with E-state index in [1.54, 1.807) is 35.0 Å². The van der Waals surface area contributed by atoms with Crippen LogP contribution in [0.3, 0.4) is 0 Å². The molecule has 0 aliphatic heterocycles. The van der Waals surface area contributed by atoms with Crippen LogP contribution in [0, 0.1) is 13.8 Å². The topological polar surface area (TPSA) is 61.2 Å². The maximum absolute atomic E-state index is 11.8. The highest BCUT2D eigenvalue weighted by molar-refractivity contribution is 5.98. The van der Waals surface area contributed by atoms with Gasteiger partial charge in [0.25, 0.3) is 0 Å². The number of nitrogens with zero attached hydrogens (tertiary/aromatic N) is 2. The zero-order valence-corrected chi connectivity index (χ0v) is 12.9. The number of carbonyl (C=O) groups excluding carboxylic acids is 2. The van der Waals surface area contributed by atoms with Crippen LogP contribution in [0.5, 0.6) is 0 Å². The van der Waals surface area contributed by atoms with Crippen LogP contribution < -0.4 is 0 Å². The van der Waals surface area contributed by atoms with Gasteiger partial charge in [0.2, 0.25) is 0 Å². The van der Waals surface area contributed by atoms with Gasteiger partial charge in [-0.05, 0) is 19.9 Å². The number of hydrogen-bond donors (Lipinski definition) is 0. The number of ether oxygens (including phenoxy) is 1. The van der Waals surface area contributed by atoms with Crippen LogP contribution in [0.4, 0.5) is 0 Å². The van der Waals surface area contributed by atoms with E-state index in [0.29, 0.717) is 5.56 Å². The second kappa shape index (κ2) is 6.85. The van der Waals surface area contributed by atoms with Gasteiger partial charge in [-0.15, -0.1) is 0 Å². The summed E-state index contributed by atoms with van der Waals surface area (Å²) in [6, 6.07) is 8.73. The monoisotopic (exact) mass is 298 g/mol. The number of aromatic nitrogens is 2. The van der Waals surface area contributed by atoms with Gasteiger partial charge in [-0.1, -0.05) is 30.3 Å². The molecule has 0 bridgehead atoms. The summed E-state index contributed by atoms with van der Waals surface area (Å²) < 4.78 is 6.71. The molecular formula is C17H18N2O3. The zero-order valence-electron chi connectivity index (χ0n) is 12.9. The van der Waals surface area contributed by atoms with Crippen molar-refractivity contribution in [2.45, 2.75) is 13.8 Å². The fourth-order valence-corrected chi connectivity index (χ4v) is 2.07. The van der Waals surface area contributed by atoms with Crippen molar-refractivity contribution in [3.8, 4) is 0 Å². The average molecular weight is 298 g/mol. The molecule has 5 nitrogen and oxygen atoms in total. The van der Waals surface area contributed by atoms with Crippen LogP contribution in [0.2, 0.25) is 0 Å². The number of benzene rings is 1. The summed E-state index contributed by atoms with van der Waals surface area (Å²) in [4.78, 5) is 23.5. The molecule has 0 fully saturated rings. The van der Waals surface area contributed by atoms with E-state index >= 15 is 0 Å². The minimum atomic E-state index is -0.549. The Morgan fingerprint density at radius 3 is 2.50 bits per heavy atom. The van der Waals surface area contributed by atoms with E-state index in [4.69, 9.17) is 4.74 Å². The number of esters is 1. The van der Waals surface area contributed by atoms with E-state index < -0.39 is 5.97 Å². The predicted octanol–water partition coefficient (Wildman–Crippen LogP) is 2.48. The van der Waals surface area contributed by atoms with Crippen molar-refractivity contribution >= 4 is 17.8 Å². The smallest absolute Gasteiger partial charge is 0.331 e. The van der Waals surface area contributed by atoms with Crippen molar-refractivity contribution in [2.75, 3.05) is 6.61 Å². The molecule has 0 radical (unpaired) electrons. The summed E-state index contributed by atoms with van der Waals surface area (Å²) in [7, 11) is 1.84. The summed E-state index contributed by atoms with van der Waals surface area (Å²) in [5.41, 5.74) is 3.21. The van der Waals surface area contributed by atoms with Gasteiger partial charge in [0, 0.05) is 29.9 Å². The van der Waals surface area contributed by atoms with Crippen LogP contribution in [0.25, 0.3) is 6.08 Å². The molecule has 2 aromatic rings. The van der Waals surface area contributed by atoms with Gasteiger partial charge in [0.1, 0.15) is 0 Å². The fourth-order valence-electron chi connectivity index (χ4n) is 2.07. The van der Waals surface area contributed by atoms with Crippen LogP contribution in [-0.2, 0) is 16.6 Å². The van der Waals surface area contributed by atoms with E-state index in [1.165, 1.54) is 6.08 Å². The molecule has 1 aromatic heterocycles. The molecule has 0 amide bonds.